The number of amides is 3. The van der Waals surface area contributed by atoms with Gasteiger partial charge in [-0.2, -0.15) is 0 Å². The molecule has 7 atom stereocenters. The molecule has 2 bridgehead atoms. The van der Waals surface area contributed by atoms with Crippen LogP contribution in [0.2, 0.25) is 0 Å². The van der Waals surface area contributed by atoms with E-state index < -0.39 is 11.9 Å². The Hall–Kier alpha value is -4.42. The van der Waals surface area contributed by atoms with Crippen LogP contribution in [0.1, 0.15) is 48.5 Å². The molecule has 8 rings (SSSR count). The van der Waals surface area contributed by atoms with Crippen LogP contribution in [0.5, 0.6) is 5.75 Å². The highest BCUT2D eigenvalue weighted by molar-refractivity contribution is 8.00. The van der Waals surface area contributed by atoms with Crippen LogP contribution in [0.4, 0.5) is 5.69 Å². The Morgan fingerprint density at radius 3 is 2.51 bits per heavy atom. The maximum Gasteiger partial charge on any atom is 0.305 e. The number of aromatic amines is 1. The number of carbonyl (C=O) groups excluding carboxylic acids is 3. The van der Waals surface area contributed by atoms with Gasteiger partial charge >= 0.3 is 10.8 Å². The Kier molecular flexibility index (Phi) is 8.31. The number of fused-ring (bicyclic) bond motifs is 10. The van der Waals surface area contributed by atoms with E-state index in [1.807, 2.05) is 66.7 Å². The highest BCUT2D eigenvalue weighted by Crippen LogP contribution is 2.69. The first-order valence-electron chi connectivity index (χ1n) is 16.8. The summed E-state index contributed by atoms with van der Waals surface area (Å²) in [4.78, 5) is 69.7. The van der Waals surface area contributed by atoms with Crippen molar-refractivity contribution in [1.82, 2.24) is 9.88 Å². The number of rotatable bonds is 11. The van der Waals surface area contributed by atoms with E-state index in [0.29, 0.717) is 37.2 Å². The lowest BCUT2D eigenvalue weighted by Crippen LogP contribution is -2.42. The van der Waals surface area contributed by atoms with Crippen molar-refractivity contribution in [1.29, 1.82) is 0 Å². The number of carboxylic acid groups (broad SMARTS) is 1. The Bertz CT molecular complexity index is 2040. The molecule has 3 heterocycles. The van der Waals surface area contributed by atoms with Crippen molar-refractivity contribution >= 4 is 63.2 Å². The molecule has 12 heteroatoms. The van der Waals surface area contributed by atoms with Crippen LogP contribution in [0.25, 0.3) is 10.8 Å². The summed E-state index contributed by atoms with van der Waals surface area (Å²) in [6, 6.07) is 21.2. The number of para-hydroxylation sites is 1. The zero-order valence-corrected chi connectivity index (χ0v) is 28.1. The number of nitrogens with zero attached hydrogens (tertiary/aromatic N) is 1. The number of ether oxygens (including phenoxy) is 1. The van der Waals surface area contributed by atoms with Gasteiger partial charge in [0.1, 0.15) is 5.75 Å². The standard InChI is InChI=1S/C37H35N3O7S2/c41-26(38-24-13-8-10-19-9-3-4-11-20(19)24)18-47-25-14-6-5-12-21(25)28-29-22-17-23(32(29)48-34-33(28)49-37(46)39-34)31-30(22)35(44)40(36(31)45)16-7-1-2-15-27(42)43/h3-6,8-14,22-23,28-32H,1-2,7,15-18H2,(H,38,41)(H,39,46)(H,42,43)/t22?,23?,28-,29?,30?,31?,32?/m1/s1. The van der Waals surface area contributed by atoms with Gasteiger partial charge in [0.25, 0.3) is 5.91 Å². The topological polar surface area (TPSA) is 146 Å². The molecule has 10 nitrogen and oxygen atoms in total. The lowest BCUT2D eigenvalue weighted by atomic mass is 9.68. The van der Waals surface area contributed by atoms with Gasteiger partial charge in [-0.05, 0) is 54.5 Å². The number of hydrogen-bond donors (Lipinski definition) is 3. The number of thiazole rings is 1. The number of aromatic nitrogens is 1. The molecule has 252 valence electrons. The Balaban J connectivity index is 1.05. The predicted octanol–water partition coefficient (Wildman–Crippen LogP) is 5.73. The summed E-state index contributed by atoms with van der Waals surface area (Å²) in [6.07, 6.45) is 2.58. The first kappa shape index (κ1) is 31.8. The number of H-pyrrole nitrogens is 1. The summed E-state index contributed by atoms with van der Waals surface area (Å²) in [5.74, 6) is -1.89. The third-order valence-electron chi connectivity index (χ3n) is 10.8. The van der Waals surface area contributed by atoms with E-state index in [0.717, 1.165) is 32.7 Å². The number of carbonyl (C=O) groups is 4. The van der Waals surface area contributed by atoms with E-state index >= 15 is 0 Å². The fourth-order valence-corrected chi connectivity index (χ4v) is 11.8. The van der Waals surface area contributed by atoms with Gasteiger partial charge in [0.15, 0.2) is 6.61 Å². The second-order valence-electron chi connectivity index (χ2n) is 13.4. The second kappa shape index (κ2) is 12.8. The smallest absolute Gasteiger partial charge is 0.305 e. The average Bonchev–Trinajstić information content (AvgIpc) is 3.83. The van der Waals surface area contributed by atoms with Gasteiger partial charge in [0, 0.05) is 45.6 Å². The molecular formula is C37H35N3O7S2. The van der Waals surface area contributed by atoms with Gasteiger partial charge in [-0.25, -0.2) is 0 Å². The number of nitrogens with one attached hydrogen (secondary N) is 2. The molecule has 3 N–H and O–H groups in total. The maximum absolute atomic E-state index is 13.9. The van der Waals surface area contributed by atoms with Gasteiger partial charge in [-0.15, -0.1) is 11.8 Å². The van der Waals surface area contributed by atoms with Gasteiger partial charge in [-0.1, -0.05) is 72.4 Å². The minimum atomic E-state index is -0.847. The third kappa shape index (κ3) is 5.54. The number of thioether (sulfide) groups is 1. The molecule has 3 fully saturated rings. The minimum absolute atomic E-state index is 0.00272. The summed E-state index contributed by atoms with van der Waals surface area (Å²) in [5, 5.41) is 14.7. The van der Waals surface area contributed by atoms with Crippen LogP contribution < -0.4 is 14.9 Å². The summed E-state index contributed by atoms with van der Waals surface area (Å²) < 4.78 is 6.24. The average molecular weight is 698 g/mol. The van der Waals surface area contributed by atoms with Crippen molar-refractivity contribution in [3.8, 4) is 5.75 Å². The summed E-state index contributed by atoms with van der Waals surface area (Å²) in [5.41, 5.74) is 1.57. The van der Waals surface area contributed by atoms with Crippen LogP contribution in [0.15, 0.2) is 76.6 Å². The molecule has 4 aromatic rings. The number of carboxylic acids is 1. The Morgan fingerprint density at radius 1 is 0.918 bits per heavy atom. The number of benzene rings is 3. The van der Waals surface area contributed by atoms with Gasteiger partial charge < -0.3 is 20.1 Å². The van der Waals surface area contributed by atoms with Crippen LogP contribution >= 0.6 is 23.1 Å². The summed E-state index contributed by atoms with van der Waals surface area (Å²) in [7, 11) is 0. The second-order valence-corrected chi connectivity index (χ2v) is 15.6. The van der Waals surface area contributed by atoms with E-state index in [1.165, 1.54) is 16.2 Å². The normalized spacial score (nSPS) is 26.4. The molecule has 3 aromatic carbocycles. The number of likely N-dealkylation sites (tertiary alicyclic amines) is 1. The van der Waals surface area contributed by atoms with E-state index in [1.54, 1.807) is 11.8 Å². The Morgan fingerprint density at radius 2 is 1.67 bits per heavy atom. The van der Waals surface area contributed by atoms with Crippen LogP contribution in [0.3, 0.4) is 0 Å². The largest absolute Gasteiger partial charge is 0.483 e. The molecule has 2 aliphatic heterocycles. The SMILES string of the molecule is O=C(O)CCCCCN1C(=O)C2C3CC(C2C1=O)C1C3Sc2[nH]c(=O)sc2[C@@H]1c1ccccc1OCC(=O)Nc1cccc2ccccc12. The first-order valence-corrected chi connectivity index (χ1v) is 18.5. The van der Waals surface area contributed by atoms with Crippen molar-refractivity contribution in [2.75, 3.05) is 18.5 Å². The fourth-order valence-electron chi connectivity index (χ4n) is 8.90. The zero-order chi connectivity index (χ0) is 33.8. The molecule has 49 heavy (non-hydrogen) atoms. The van der Waals surface area contributed by atoms with E-state index in [9.17, 15) is 24.0 Å². The van der Waals surface area contributed by atoms with Crippen molar-refractivity contribution in [2.24, 2.45) is 29.6 Å². The van der Waals surface area contributed by atoms with Crippen molar-refractivity contribution in [2.45, 2.75) is 48.3 Å². The quantitative estimate of drug-likeness (QED) is 0.133. The Labute approximate surface area is 290 Å². The molecule has 2 aliphatic carbocycles. The minimum Gasteiger partial charge on any atom is -0.483 e. The maximum atomic E-state index is 13.9. The summed E-state index contributed by atoms with van der Waals surface area (Å²) in [6.45, 7) is 0.102. The third-order valence-corrected chi connectivity index (χ3v) is 13.4. The monoisotopic (exact) mass is 697 g/mol. The van der Waals surface area contributed by atoms with Gasteiger partial charge in [0.05, 0.1) is 16.9 Å². The fraction of sp³-hybridized carbons (Fsp3) is 0.378. The van der Waals surface area contributed by atoms with Gasteiger partial charge in [0.2, 0.25) is 11.8 Å². The molecule has 4 aliphatic rings. The lowest BCUT2D eigenvalue weighted by molar-refractivity contribution is -0.141. The number of aliphatic carboxylic acids is 1. The lowest BCUT2D eigenvalue weighted by Gasteiger charge is -2.43. The number of anilines is 1. The first-order chi connectivity index (χ1) is 23.8. The van der Waals surface area contributed by atoms with Crippen LogP contribution in [-0.4, -0.2) is 57.1 Å². The molecule has 0 radical (unpaired) electrons. The number of unbranched alkanes of at least 4 members (excludes halogenated alkanes) is 2. The molecule has 2 saturated carbocycles. The predicted molar refractivity (Wildman–Crippen MR) is 186 cm³/mol. The van der Waals surface area contributed by atoms with Crippen molar-refractivity contribution < 1.29 is 29.0 Å². The molecule has 0 spiro atoms. The molecule has 3 amide bonds. The molecular weight excluding hydrogens is 663 g/mol. The van der Waals surface area contributed by atoms with E-state index in [2.05, 4.69) is 10.3 Å². The van der Waals surface area contributed by atoms with Crippen molar-refractivity contribution in [3.05, 3.63) is 86.8 Å². The molecule has 6 unspecified atom stereocenters. The summed E-state index contributed by atoms with van der Waals surface area (Å²) >= 11 is 2.81. The van der Waals surface area contributed by atoms with Crippen molar-refractivity contribution in [3.63, 3.8) is 0 Å². The van der Waals surface area contributed by atoms with E-state index in [4.69, 9.17) is 9.84 Å². The molecule has 1 aromatic heterocycles. The van der Waals surface area contributed by atoms with E-state index in [-0.39, 0.29) is 70.5 Å². The van der Waals surface area contributed by atoms with Crippen LogP contribution in [0, 0.1) is 29.6 Å². The zero-order valence-electron chi connectivity index (χ0n) is 26.5. The molecule has 1 saturated heterocycles. The van der Waals surface area contributed by atoms with Gasteiger partial charge in [-0.3, -0.25) is 28.9 Å². The van der Waals surface area contributed by atoms with Crippen LogP contribution in [-0.2, 0) is 19.2 Å². The highest BCUT2D eigenvalue weighted by atomic mass is 32.2. The highest BCUT2D eigenvalue weighted by Gasteiger charge is 2.69. The number of hydrogen-bond acceptors (Lipinski definition) is 8. The number of imide groups is 1.